The molecule has 5 nitrogen and oxygen atoms in total. The SMILES string of the molecule is Cc1cc(CNCC(O)COC2CCC(C)CC2)no1. The predicted molar refractivity (Wildman–Crippen MR) is 76.3 cm³/mol. The predicted octanol–water partition coefficient (Wildman–Crippen LogP) is 2.03. The molecule has 1 aromatic rings. The third-order valence-electron chi connectivity index (χ3n) is 3.85. The number of ether oxygens (including phenoxy) is 1. The second-order valence-electron chi connectivity index (χ2n) is 5.93. The van der Waals surface area contributed by atoms with Crippen LogP contribution in [0.15, 0.2) is 10.6 Å². The summed E-state index contributed by atoms with van der Waals surface area (Å²) in [5.74, 6) is 1.63. The van der Waals surface area contributed by atoms with E-state index in [0.29, 0.717) is 25.8 Å². The minimum absolute atomic E-state index is 0.332. The van der Waals surface area contributed by atoms with Crippen LogP contribution in [-0.4, -0.2) is 35.6 Å². The Balaban J connectivity index is 1.55. The van der Waals surface area contributed by atoms with Crippen molar-refractivity contribution < 1.29 is 14.4 Å². The molecule has 1 fully saturated rings. The molecule has 0 bridgehead atoms. The van der Waals surface area contributed by atoms with Gasteiger partial charge in [-0.1, -0.05) is 12.1 Å². The molecule has 0 spiro atoms. The van der Waals surface area contributed by atoms with Gasteiger partial charge in [0.1, 0.15) is 5.76 Å². The fourth-order valence-corrected chi connectivity index (χ4v) is 2.57. The van der Waals surface area contributed by atoms with Crippen molar-refractivity contribution in [3.63, 3.8) is 0 Å². The van der Waals surface area contributed by atoms with Gasteiger partial charge in [-0.25, -0.2) is 0 Å². The van der Waals surface area contributed by atoms with Gasteiger partial charge in [0, 0.05) is 19.2 Å². The molecule has 0 radical (unpaired) electrons. The highest BCUT2D eigenvalue weighted by Crippen LogP contribution is 2.25. The van der Waals surface area contributed by atoms with Crippen LogP contribution < -0.4 is 5.32 Å². The van der Waals surface area contributed by atoms with Crippen LogP contribution in [0, 0.1) is 12.8 Å². The van der Waals surface area contributed by atoms with Crippen LogP contribution >= 0.6 is 0 Å². The molecule has 0 amide bonds. The molecular formula is C15H26N2O3. The molecule has 114 valence electrons. The number of nitrogens with zero attached hydrogens (tertiary/aromatic N) is 1. The van der Waals surface area contributed by atoms with Gasteiger partial charge in [-0.2, -0.15) is 0 Å². The fourth-order valence-electron chi connectivity index (χ4n) is 2.57. The molecule has 1 aromatic heterocycles. The smallest absolute Gasteiger partial charge is 0.133 e. The highest BCUT2D eigenvalue weighted by atomic mass is 16.5. The lowest BCUT2D eigenvalue weighted by atomic mass is 9.89. The van der Waals surface area contributed by atoms with Crippen molar-refractivity contribution in [2.45, 2.75) is 58.3 Å². The lowest BCUT2D eigenvalue weighted by Gasteiger charge is -2.27. The Morgan fingerprint density at radius 3 is 2.85 bits per heavy atom. The summed E-state index contributed by atoms with van der Waals surface area (Å²) >= 11 is 0. The molecule has 1 unspecified atom stereocenters. The summed E-state index contributed by atoms with van der Waals surface area (Å²) in [6.07, 6.45) is 4.59. The Bertz CT molecular complexity index is 386. The maximum Gasteiger partial charge on any atom is 0.133 e. The summed E-state index contributed by atoms with van der Waals surface area (Å²) in [7, 11) is 0. The number of nitrogens with one attached hydrogen (secondary N) is 1. The Hall–Kier alpha value is -0.910. The minimum atomic E-state index is -0.470. The van der Waals surface area contributed by atoms with Gasteiger partial charge in [0.15, 0.2) is 0 Å². The van der Waals surface area contributed by atoms with E-state index < -0.39 is 6.10 Å². The lowest BCUT2D eigenvalue weighted by Crippen LogP contribution is -2.32. The van der Waals surface area contributed by atoms with E-state index in [2.05, 4.69) is 17.4 Å². The number of aromatic nitrogens is 1. The summed E-state index contributed by atoms with van der Waals surface area (Å²) in [4.78, 5) is 0. The van der Waals surface area contributed by atoms with Crippen molar-refractivity contribution in [3.8, 4) is 0 Å². The first-order valence-corrected chi connectivity index (χ1v) is 7.56. The van der Waals surface area contributed by atoms with Crippen molar-refractivity contribution in [3.05, 3.63) is 17.5 Å². The fraction of sp³-hybridized carbons (Fsp3) is 0.800. The summed E-state index contributed by atoms with van der Waals surface area (Å²) in [5.41, 5.74) is 0.858. The van der Waals surface area contributed by atoms with Crippen LogP contribution in [0.4, 0.5) is 0 Å². The Labute approximate surface area is 120 Å². The topological polar surface area (TPSA) is 67.5 Å². The second-order valence-corrected chi connectivity index (χ2v) is 5.93. The number of aliphatic hydroxyl groups is 1. The molecule has 1 aliphatic rings. The highest BCUT2D eigenvalue weighted by molar-refractivity contribution is 5.02. The molecule has 0 aromatic carbocycles. The molecular weight excluding hydrogens is 256 g/mol. The highest BCUT2D eigenvalue weighted by Gasteiger charge is 2.19. The average molecular weight is 282 g/mol. The van der Waals surface area contributed by atoms with Gasteiger partial charge in [0.2, 0.25) is 0 Å². The third kappa shape index (κ3) is 5.23. The molecule has 2 rings (SSSR count). The van der Waals surface area contributed by atoms with Crippen molar-refractivity contribution in [1.82, 2.24) is 10.5 Å². The van der Waals surface area contributed by atoms with E-state index in [0.717, 1.165) is 30.2 Å². The van der Waals surface area contributed by atoms with Gasteiger partial charge in [-0.05, 0) is 38.5 Å². The zero-order valence-corrected chi connectivity index (χ0v) is 12.5. The van der Waals surface area contributed by atoms with E-state index in [1.165, 1.54) is 12.8 Å². The van der Waals surface area contributed by atoms with Gasteiger partial charge in [-0.3, -0.25) is 0 Å². The molecule has 1 atom stereocenters. The van der Waals surface area contributed by atoms with Gasteiger partial charge in [0.25, 0.3) is 0 Å². The van der Waals surface area contributed by atoms with Gasteiger partial charge in [-0.15, -0.1) is 0 Å². The monoisotopic (exact) mass is 282 g/mol. The lowest BCUT2D eigenvalue weighted by molar-refractivity contribution is -0.0278. The van der Waals surface area contributed by atoms with Gasteiger partial charge >= 0.3 is 0 Å². The van der Waals surface area contributed by atoms with Crippen molar-refractivity contribution in [2.24, 2.45) is 5.92 Å². The Morgan fingerprint density at radius 2 is 2.20 bits per heavy atom. The summed E-state index contributed by atoms with van der Waals surface area (Å²) in [6.45, 7) is 5.68. The van der Waals surface area contributed by atoms with E-state index >= 15 is 0 Å². The van der Waals surface area contributed by atoms with Crippen LogP contribution in [0.25, 0.3) is 0 Å². The van der Waals surface area contributed by atoms with Crippen molar-refractivity contribution >= 4 is 0 Å². The summed E-state index contributed by atoms with van der Waals surface area (Å²) < 4.78 is 10.8. The average Bonchev–Trinajstić information content (AvgIpc) is 2.84. The molecule has 1 heterocycles. The number of aryl methyl sites for hydroxylation is 1. The van der Waals surface area contributed by atoms with E-state index in [1.54, 1.807) is 0 Å². The molecule has 1 saturated carbocycles. The Morgan fingerprint density at radius 1 is 1.45 bits per heavy atom. The van der Waals surface area contributed by atoms with Gasteiger partial charge < -0.3 is 19.7 Å². The van der Waals surface area contributed by atoms with Gasteiger partial charge in [0.05, 0.1) is 24.5 Å². The van der Waals surface area contributed by atoms with E-state index in [4.69, 9.17) is 9.26 Å². The maximum atomic E-state index is 9.88. The van der Waals surface area contributed by atoms with Crippen LogP contribution in [0.1, 0.15) is 44.1 Å². The summed E-state index contributed by atoms with van der Waals surface area (Å²) in [6, 6.07) is 1.89. The van der Waals surface area contributed by atoms with E-state index in [9.17, 15) is 5.11 Å². The quantitative estimate of drug-likeness (QED) is 0.801. The first kappa shape index (κ1) is 15.5. The molecule has 20 heavy (non-hydrogen) atoms. The zero-order chi connectivity index (χ0) is 14.4. The molecule has 0 saturated heterocycles. The Kier molecular flexibility index (Phi) is 6.01. The van der Waals surface area contributed by atoms with Crippen LogP contribution in [0.3, 0.4) is 0 Å². The standard InChI is InChI=1S/C15H26N2O3/c1-11-3-5-15(6-4-11)19-10-14(18)9-16-8-13-7-12(2)20-17-13/h7,11,14-16,18H,3-6,8-10H2,1-2H3. The number of aliphatic hydroxyl groups excluding tert-OH is 1. The zero-order valence-electron chi connectivity index (χ0n) is 12.5. The number of hydrogen-bond acceptors (Lipinski definition) is 5. The van der Waals surface area contributed by atoms with Crippen LogP contribution in [-0.2, 0) is 11.3 Å². The number of hydrogen-bond donors (Lipinski definition) is 2. The van der Waals surface area contributed by atoms with Crippen molar-refractivity contribution in [2.75, 3.05) is 13.2 Å². The first-order chi connectivity index (χ1) is 9.63. The molecule has 1 aliphatic carbocycles. The van der Waals surface area contributed by atoms with Crippen molar-refractivity contribution in [1.29, 1.82) is 0 Å². The van der Waals surface area contributed by atoms with Crippen LogP contribution in [0.5, 0.6) is 0 Å². The minimum Gasteiger partial charge on any atom is -0.389 e. The van der Waals surface area contributed by atoms with E-state index in [-0.39, 0.29) is 0 Å². The molecule has 2 N–H and O–H groups in total. The largest absolute Gasteiger partial charge is 0.389 e. The van der Waals surface area contributed by atoms with Crippen LogP contribution in [0.2, 0.25) is 0 Å². The number of rotatable bonds is 7. The molecule has 5 heteroatoms. The third-order valence-corrected chi connectivity index (χ3v) is 3.85. The summed E-state index contributed by atoms with van der Waals surface area (Å²) in [5, 5.41) is 16.9. The second kappa shape index (κ2) is 7.76. The maximum absolute atomic E-state index is 9.88. The van der Waals surface area contributed by atoms with E-state index in [1.807, 2.05) is 13.0 Å². The normalized spacial score (nSPS) is 24.8. The molecule has 0 aliphatic heterocycles. The first-order valence-electron chi connectivity index (χ1n) is 7.56.